The van der Waals surface area contributed by atoms with E-state index < -0.39 is 0 Å². The number of nitrogens with one attached hydrogen (secondary N) is 1. The van der Waals surface area contributed by atoms with Gasteiger partial charge >= 0.3 is 0 Å². The second-order valence-electron chi connectivity index (χ2n) is 8.19. The van der Waals surface area contributed by atoms with E-state index in [1.54, 1.807) is 0 Å². The van der Waals surface area contributed by atoms with Crippen molar-refractivity contribution in [1.29, 1.82) is 0 Å². The summed E-state index contributed by atoms with van der Waals surface area (Å²) < 4.78 is 6.22. The first-order valence-electron chi connectivity index (χ1n) is 8.17. The topological polar surface area (TPSA) is 21.3 Å². The quantitative estimate of drug-likeness (QED) is 0.830. The highest BCUT2D eigenvalue weighted by Gasteiger charge is 2.47. The molecule has 0 aromatic rings. The zero-order valence-electron chi connectivity index (χ0n) is 13.8. The molecule has 0 aromatic heterocycles. The van der Waals surface area contributed by atoms with E-state index in [9.17, 15) is 0 Å². The average molecular weight is 267 g/mol. The van der Waals surface area contributed by atoms with E-state index in [1.807, 2.05) is 0 Å². The molecule has 1 heterocycles. The Morgan fingerprint density at radius 3 is 2.21 bits per heavy atom. The number of ether oxygens (including phenoxy) is 1. The molecule has 3 atom stereocenters. The summed E-state index contributed by atoms with van der Waals surface area (Å²) in [5.74, 6) is 1.63. The predicted octanol–water partition coefficient (Wildman–Crippen LogP) is 4.14. The van der Waals surface area contributed by atoms with Gasteiger partial charge in [0.1, 0.15) is 0 Å². The summed E-state index contributed by atoms with van der Waals surface area (Å²) in [5, 5.41) is 3.97. The molecular weight excluding hydrogens is 234 g/mol. The van der Waals surface area contributed by atoms with E-state index in [-0.39, 0.29) is 11.2 Å². The molecule has 112 valence electrons. The van der Waals surface area contributed by atoms with E-state index in [0.29, 0.717) is 12.1 Å². The SMILES string of the molecule is CC(C)C1CCCCC1NC1CC(C)(C)OC1(C)C. The third-order valence-corrected chi connectivity index (χ3v) is 5.17. The van der Waals surface area contributed by atoms with Gasteiger partial charge in [0.2, 0.25) is 0 Å². The molecule has 1 saturated heterocycles. The molecule has 2 fully saturated rings. The predicted molar refractivity (Wildman–Crippen MR) is 81.4 cm³/mol. The van der Waals surface area contributed by atoms with Crippen molar-refractivity contribution in [3.8, 4) is 0 Å². The van der Waals surface area contributed by atoms with Crippen LogP contribution in [0.4, 0.5) is 0 Å². The van der Waals surface area contributed by atoms with Crippen molar-refractivity contribution in [3.05, 3.63) is 0 Å². The molecule has 0 aromatic carbocycles. The van der Waals surface area contributed by atoms with Crippen molar-refractivity contribution in [1.82, 2.24) is 5.32 Å². The molecule has 1 aliphatic heterocycles. The summed E-state index contributed by atoms with van der Waals surface area (Å²) in [6.45, 7) is 13.7. The molecule has 1 N–H and O–H groups in total. The Kier molecular flexibility index (Phi) is 4.32. The van der Waals surface area contributed by atoms with Gasteiger partial charge in [-0.2, -0.15) is 0 Å². The van der Waals surface area contributed by atoms with Gasteiger partial charge in [-0.1, -0.05) is 26.7 Å². The lowest BCUT2D eigenvalue weighted by Gasteiger charge is -2.39. The molecule has 19 heavy (non-hydrogen) atoms. The van der Waals surface area contributed by atoms with Gasteiger partial charge < -0.3 is 10.1 Å². The summed E-state index contributed by atoms with van der Waals surface area (Å²) in [5.41, 5.74) is -0.0222. The first-order valence-corrected chi connectivity index (χ1v) is 8.17. The highest BCUT2D eigenvalue weighted by atomic mass is 16.5. The van der Waals surface area contributed by atoms with Crippen LogP contribution in [0.25, 0.3) is 0 Å². The van der Waals surface area contributed by atoms with Crippen molar-refractivity contribution in [2.24, 2.45) is 11.8 Å². The summed E-state index contributed by atoms with van der Waals surface area (Å²) >= 11 is 0. The maximum atomic E-state index is 6.22. The third-order valence-electron chi connectivity index (χ3n) is 5.17. The Morgan fingerprint density at radius 1 is 1.05 bits per heavy atom. The van der Waals surface area contributed by atoms with Crippen LogP contribution in [-0.4, -0.2) is 23.3 Å². The zero-order valence-corrected chi connectivity index (χ0v) is 13.8. The second kappa shape index (κ2) is 5.37. The highest BCUT2D eigenvalue weighted by molar-refractivity contribution is 5.01. The molecule has 1 aliphatic carbocycles. The molecule has 3 unspecified atom stereocenters. The Bertz CT molecular complexity index is 308. The Balaban J connectivity index is 2.03. The van der Waals surface area contributed by atoms with Crippen LogP contribution < -0.4 is 5.32 Å². The van der Waals surface area contributed by atoms with Crippen LogP contribution in [0.15, 0.2) is 0 Å². The van der Waals surface area contributed by atoms with Crippen molar-refractivity contribution >= 4 is 0 Å². The maximum absolute atomic E-state index is 6.22. The van der Waals surface area contributed by atoms with Crippen molar-refractivity contribution in [3.63, 3.8) is 0 Å². The minimum Gasteiger partial charge on any atom is -0.368 e. The van der Waals surface area contributed by atoms with Gasteiger partial charge in [0.05, 0.1) is 11.2 Å². The normalized spacial score (nSPS) is 37.7. The van der Waals surface area contributed by atoms with Crippen LogP contribution in [0.2, 0.25) is 0 Å². The van der Waals surface area contributed by atoms with Crippen LogP contribution in [-0.2, 0) is 4.74 Å². The molecule has 0 spiro atoms. The van der Waals surface area contributed by atoms with Crippen LogP contribution in [0, 0.1) is 11.8 Å². The fourth-order valence-corrected chi connectivity index (χ4v) is 4.24. The Labute approximate surface area is 119 Å². The van der Waals surface area contributed by atoms with Gasteiger partial charge in [0.25, 0.3) is 0 Å². The van der Waals surface area contributed by atoms with Crippen molar-refractivity contribution in [2.75, 3.05) is 0 Å². The standard InChI is InChI=1S/C17H33NO/c1-12(2)13-9-7-8-10-14(13)18-15-11-16(3,4)19-17(15,5)6/h12-15,18H,7-11H2,1-6H3. The molecule has 0 bridgehead atoms. The lowest BCUT2D eigenvalue weighted by Crippen LogP contribution is -2.52. The molecular formula is C17H33NO. The van der Waals surface area contributed by atoms with Gasteiger partial charge in [0, 0.05) is 12.1 Å². The van der Waals surface area contributed by atoms with E-state index in [4.69, 9.17) is 4.74 Å². The average Bonchev–Trinajstić information content (AvgIpc) is 2.47. The minimum atomic E-state index is -0.0392. The molecule has 0 radical (unpaired) electrons. The molecule has 2 aliphatic rings. The van der Waals surface area contributed by atoms with E-state index in [2.05, 4.69) is 46.9 Å². The summed E-state index contributed by atoms with van der Waals surface area (Å²) in [7, 11) is 0. The lowest BCUT2D eigenvalue weighted by molar-refractivity contribution is -0.0713. The van der Waals surface area contributed by atoms with Gasteiger partial charge in [0.15, 0.2) is 0 Å². The van der Waals surface area contributed by atoms with E-state index in [0.717, 1.165) is 18.3 Å². The summed E-state index contributed by atoms with van der Waals surface area (Å²) in [6.07, 6.45) is 6.67. The van der Waals surface area contributed by atoms with E-state index in [1.165, 1.54) is 25.7 Å². The van der Waals surface area contributed by atoms with Gasteiger partial charge in [-0.3, -0.25) is 0 Å². The Morgan fingerprint density at radius 2 is 1.68 bits per heavy atom. The first-order chi connectivity index (χ1) is 8.71. The van der Waals surface area contributed by atoms with E-state index >= 15 is 0 Å². The summed E-state index contributed by atoms with van der Waals surface area (Å²) in [6, 6.07) is 1.18. The van der Waals surface area contributed by atoms with Crippen molar-refractivity contribution in [2.45, 2.75) is 96.9 Å². The molecule has 2 rings (SSSR count). The fourth-order valence-electron chi connectivity index (χ4n) is 4.24. The van der Waals surface area contributed by atoms with Crippen LogP contribution in [0.1, 0.15) is 73.6 Å². The smallest absolute Gasteiger partial charge is 0.0787 e. The second-order valence-corrected chi connectivity index (χ2v) is 8.19. The molecule has 2 nitrogen and oxygen atoms in total. The highest BCUT2D eigenvalue weighted by Crippen LogP contribution is 2.39. The van der Waals surface area contributed by atoms with Crippen LogP contribution in [0.3, 0.4) is 0 Å². The minimum absolute atomic E-state index is 0.0170. The molecule has 2 heteroatoms. The Hall–Kier alpha value is -0.0800. The monoisotopic (exact) mass is 267 g/mol. The third kappa shape index (κ3) is 3.52. The van der Waals surface area contributed by atoms with Crippen LogP contribution in [0.5, 0.6) is 0 Å². The summed E-state index contributed by atoms with van der Waals surface area (Å²) in [4.78, 5) is 0. The fraction of sp³-hybridized carbons (Fsp3) is 1.00. The number of rotatable bonds is 3. The molecule has 0 amide bonds. The number of hydrogen-bond acceptors (Lipinski definition) is 2. The molecule has 1 saturated carbocycles. The zero-order chi connectivity index (χ0) is 14.3. The maximum Gasteiger partial charge on any atom is 0.0787 e. The van der Waals surface area contributed by atoms with Gasteiger partial charge in [-0.25, -0.2) is 0 Å². The largest absolute Gasteiger partial charge is 0.368 e. The lowest BCUT2D eigenvalue weighted by atomic mass is 9.77. The first kappa shape index (κ1) is 15.3. The van der Waals surface area contributed by atoms with Gasteiger partial charge in [-0.15, -0.1) is 0 Å². The van der Waals surface area contributed by atoms with Crippen LogP contribution >= 0.6 is 0 Å². The number of hydrogen-bond donors (Lipinski definition) is 1. The van der Waals surface area contributed by atoms with Crippen molar-refractivity contribution < 1.29 is 4.74 Å². The van der Waals surface area contributed by atoms with Gasteiger partial charge in [-0.05, 0) is 58.8 Å².